The standard InChI is InChI=1S/C27H35N5O4/c1-6-36-23-13-19-7-9-31-21(20(19)14-22(23)35-5)15-24(32(27(31)34)10-8-29-26(28)33)30-25-17(3)11-16(2)12-18(25)4/h11-15,22-23H,6-10H2,1-5H3,(H3,28,29,33). The Labute approximate surface area is 210 Å². The van der Waals surface area contributed by atoms with Gasteiger partial charge in [-0.2, -0.15) is 0 Å². The summed E-state index contributed by atoms with van der Waals surface area (Å²) in [5.41, 5.74) is 12.6. The van der Waals surface area contributed by atoms with E-state index in [-0.39, 0.29) is 31.0 Å². The van der Waals surface area contributed by atoms with Crippen LogP contribution in [-0.2, 0) is 22.6 Å². The minimum absolute atomic E-state index is 0.160. The van der Waals surface area contributed by atoms with Gasteiger partial charge in [-0.3, -0.25) is 9.13 Å². The van der Waals surface area contributed by atoms with Gasteiger partial charge in [-0.25, -0.2) is 14.6 Å². The molecule has 1 aromatic carbocycles. The summed E-state index contributed by atoms with van der Waals surface area (Å²) >= 11 is 0. The van der Waals surface area contributed by atoms with E-state index in [2.05, 4.69) is 30.4 Å². The summed E-state index contributed by atoms with van der Waals surface area (Å²) in [7, 11) is 1.66. The van der Waals surface area contributed by atoms with Crippen LogP contribution in [-0.4, -0.2) is 47.6 Å². The molecule has 36 heavy (non-hydrogen) atoms. The molecule has 0 radical (unpaired) electrons. The second kappa shape index (κ2) is 10.7. The number of rotatable bonds is 7. The molecular formula is C27H35N5O4. The number of ether oxygens (including phenoxy) is 2. The Morgan fingerprint density at radius 3 is 2.53 bits per heavy atom. The van der Waals surface area contributed by atoms with Gasteiger partial charge in [0.15, 0.2) is 0 Å². The number of hydrogen-bond acceptors (Lipinski definition) is 5. The highest BCUT2D eigenvalue weighted by Crippen LogP contribution is 2.35. The zero-order valence-electron chi connectivity index (χ0n) is 21.6. The number of carbonyl (C=O) groups is 1. The maximum absolute atomic E-state index is 13.7. The van der Waals surface area contributed by atoms with Crippen molar-refractivity contribution in [2.75, 3.05) is 20.3 Å². The van der Waals surface area contributed by atoms with Crippen molar-refractivity contribution in [2.24, 2.45) is 10.7 Å². The Kier molecular flexibility index (Phi) is 7.61. The van der Waals surface area contributed by atoms with Crippen molar-refractivity contribution in [3.05, 3.63) is 74.3 Å². The van der Waals surface area contributed by atoms with E-state index < -0.39 is 6.03 Å². The van der Waals surface area contributed by atoms with Crippen molar-refractivity contribution in [1.82, 2.24) is 14.5 Å². The quantitative estimate of drug-likeness (QED) is 0.617. The van der Waals surface area contributed by atoms with Crippen LogP contribution in [0.1, 0.15) is 35.7 Å². The number of aryl methyl sites for hydroxylation is 3. The van der Waals surface area contributed by atoms with Crippen LogP contribution in [0.5, 0.6) is 0 Å². The van der Waals surface area contributed by atoms with E-state index in [0.29, 0.717) is 25.1 Å². The van der Waals surface area contributed by atoms with Crippen LogP contribution in [0.2, 0.25) is 0 Å². The number of allylic oxidation sites excluding steroid dienone is 2. The summed E-state index contributed by atoms with van der Waals surface area (Å²) in [6.07, 6.45) is 4.46. The number of hydrogen-bond donors (Lipinski definition) is 2. The number of nitrogens with two attached hydrogens (primary N) is 1. The molecule has 2 amide bonds. The molecule has 9 heteroatoms. The highest BCUT2D eigenvalue weighted by Gasteiger charge is 2.30. The number of primary amides is 1. The Hall–Kier alpha value is -3.43. The Balaban J connectivity index is 1.91. The number of methoxy groups -OCH3 is 1. The van der Waals surface area contributed by atoms with E-state index in [0.717, 1.165) is 39.2 Å². The van der Waals surface area contributed by atoms with Gasteiger partial charge < -0.3 is 20.5 Å². The van der Waals surface area contributed by atoms with Gasteiger partial charge in [-0.1, -0.05) is 17.7 Å². The molecule has 2 aliphatic rings. The van der Waals surface area contributed by atoms with E-state index in [1.807, 2.05) is 32.9 Å². The predicted molar refractivity (Wildman–Crippen MR) is 139 cm³/mol. The SMILES string of the molecule is CCOC1C=C2CCn3c(cc(=Nc4c(C)cc(C)cc4C)n(CCNC(N)=O)c3=O)C2=CC1OC. The van der Waals surface area contributed by atoms with Crippen LogP contribution < -0.4 is 22.2 Å². The molecule has 0 saturated heterocycles. The minimum Gasteiger partial charge on any atom is -0.374 e. The lowest BCUT2D eigenvalue weighted by Gasteiger charge is -2.32. The van der Waals surface area contributed by atoms with Crippen molar-refractivity contribution in [1.29, 1.82) is 0 Å². The van der Waals surface area contributed by atoms with Gasteiger partial charge in [0, 0.05) is 45.0 Å². The van der Waals surface area contributed by atoms with E-state index in [1.54, 1.807) is 16.2 Å². The number of benzene rings is 1. The normalized spacial score (nSPS) is 19.3. The minimum atomic E-state index is -0.631. The summed E-state index contributed by atoms with van der Waals surface area (Å²) in [6, 6.07) is 5.49. The third kappa shape index (κ3) is 5.08. The van der Waals surface area contributed by atoms with Gasteiger partial charge >= 0.3 is 11.7 Å². The summed E-state index contributed by atoms with van der Waals surface area (Å²) in [4.78, 5) is 30.0. The van der Waals surface area contributed by atoms with Crippen LogP contribution in [0, 0.1) is 20.8 Å². The number of carbonyl (C=O) groups excluding carboxylic acids is 1. The molecule has 9 nitrogen and oxygen atoms in total. The van der Waals surface area contributed by atoms with Crippen LogP contribution >= 0.6 is 0 Å². The first kappa shape index (κ1) is 25.7. The van der Waals surface area contributed by atoms with Gasteiger partial charge in [0.1, 0.15) is 17.7 Å². The van der Waals surface area contributed by atoms with Gasteiger partial charge in [-0.15, -0.1) is 0 Å². The molecule has 0 saturated carbocycles. The fourth-order valence-corrected chi connectivity index (χ4v) is 5.11. The molecule has 0 bridgehead atoms. The molecule has 0 fully saturated rings. The predicted octanol–water partition coefficient (Wildman–Crippen LogP) is 2.62. The highest BCUT2D eigenvalue weighted by atomic mass is 16.5. The maximum Gasteiger partial charge on any atom is 0.330 e. The van der Waals surface area contributed by atoms with Gasteiger partial charge in [0.2, 0.25) is 0 Å². The first-order chi connectivity index (χ1) is 17.2. The number of aromatic nitrogens is 2. The molecule has 2 unspecified atom stereocenters. The summed E-state index contributed by atoms with van der Waals surface area (Å²) < 4.78 is 15.0. The lowest BCUT2D eigenvalue weighted by atomic mass is 9.87. The third-order valence-corrected chi connectivity index (χ3v) is 6.67. The molecule has 0 spiro atoms. The molecule has 192 valence electrons. The first-order valence-electron chi connectivity index (χ1n) is 12.3. The number of urea groups is 1. The summed E-state index contributed by atoms with van der Waals surface area (Å²) in [5.74, 6) is 0. The van der Waals surface area contributed by atoms with Crippen molar-refractivity contribution in [3.8, 4) is 0 Å². The highest BCUT2D eigenvalue weighted by molar-refractivity contribution is 5.80. The number of amides is 2. The van der Waals surface area contributed by atoms with Gasteiger partial charge in [0.25, 0.3) is 0 Å². The molecule has 1 aromatic heterocycles. The fourth-order valence-electron chi connectivity index (χ4n) is 5.11. The number of nitrogens with one attached hydrogen (secondary N) is 1. The van der Waals surface area contributed by atoms with E-state index in [4.69, 9.17) is 20.2 Å². The molecule has 1 aliphatic heterocycles. The second-order valence-corrected chi connectivity index (χ2v) is 9.27. The van der Waals surface area contributed by atoms with Crippen molar-refractivity contribution in [3.63, 3.8) is 0 Å². The lowest BCUT2D eigenvalue weighted by molar-refractivity contribution is -0.00595. The molecular weight excluding hydrogens is 458 g/mol. The lowest BCUT2D eigenvalue weighted by Crippen LogP contribution is -2.45. The van der Waals surface area contributed by atoms with Crippen LogP contribution in [0.4, 0.5) is 10.5 Å². The smallest absolute Gasteiger partial charge is 0.330 e. The average Bonchev–Trinajstić information content (AvgIpc) is 2.82. The summed E-state index contributed by atoms with van der Waals surface area (Å²) in [5, 5.41) is 2.58. The van der Waals surface area contributed by atoms with Crippen LogP contribution in [0.25, 0.3) is 5.57 Å². The monoisotopic (exact) mass is 493 g/mol. The fraction of sp³-hybridized carbons (Fsp3) is 0.444. The Morgan fingerprint density at radius 2 is 1.89 bits per heavy atom. The molecule has 1 aliphatic carbocycles. The Morgan fingerprint density at radius 1 is 1.17 bits per heavy atom. The number of nitrogens with zero attached hydrogens (tertiary/aromatic N) is 3. The molecule has 3 N–H and O–H groups in total. The molecule has 2 aromatic rings. The van der Waals surface area contributed by atoms with Crippen molar-refractivity contribution in [2.45, 2.75) is 59.4 Å². The van der Waals surface area contributed by atoms with Gasteiger partial charge in [0.05, 0.1) is 11.4 Å². The van der Waals surface area contributed by atoms with Crippen LogP contribution in [0.15, 0.2) is 45.7 Å². The average molecular weight is 494 g/mol. The zero-order chi connectivity index (χ0) is 26.0. The molecule has 4 rings (SSSR count). The maximum atomic E-state index is 13.7. The first-order valence-corrected chi connectivity index (χ1v) is 12.3. The molecule has 2 atom stereocenters. The molecule has 2 heterocycles. The van der Waals surface area contributed by atoms with E-state index in [9.17, 15) is 9.59 Å². The largest absolute Gasteiger partial charge is 0.374 e. The van der Waals surface area contributed by atoms with Crippen molar-refractivity contribution < 1.29 is 14.3 Å². The van der Waals surface area contributed by atoms with Crippen molar-refractivity contribution >= 4 is 17.3 Å². The topological polar surface area (TPSA) is 113 Å². The van der Waals surface area contributed by atoms with E-state index in [1.165, 1.54) is 0 Å². The van der Waals surface area contributed by atoms with Gasteiger partial charge in [-0.05, 0) is 63.0 Å². The van der Waals surface area contributed by atoms with E-state index >= 15 is 0 Å². The number of fused-ring (bicyclic) bond motifs is 3. The summed E-state index contributed by atoms with van der Waals surface area (Å²) in [6.45, 7) is 9.66. The van der Waals surface area contributed by atoms with Crippen LogP contribution in [0.3, 0.4) is 0 Å². The Bertz CT molecular complexity index is 1340. The zero-order valence-corrected chi connectivity index (χ0v) is 21.6. The second-order valence-electron chi connectivity index (χ2n) is 9.27. The third-order valence-electron chi connectivity index (χ3n) is 6.67.